The summed E-state index contributed by atoms with van der Waals surface area (Å²) >= 11 is 5.68. The van der Waals surface area contributed by atoms with Crippen LogP contribution in [-0.4, -0.2) is 6.61 Å². The van der Waals surface area contributed by atoms with E-state index in [0.29, 0.717) is 16.3 Å². The Kier molecular flexibility index (Phi) is 6.09. The molecule has 2 rings (SSSR count). The van der Waals surface area contributed by atoms with Crippen LogP contribution >= 0.6 is 24.0 Å². The number of rotatable bonds is 4. The number of hydrogen-bond acceptors (Lipinski definition) is 2. The second-order valence-corrected chi connectivity index (χ2v) is 4.33. The SMILES string of the molecule is Cl.NC(COc1ccccc1)c1ccc(Cl)cc1F. The maximum atomic E-state index is 13.6. The van der Waals surface area contributed by atoms with Gasteiger partial charge in [-0.2, -0.15) is 0 Å². The quantitative estimate of drug-likeness (QED) is 0.927. The molecule has 2 nitrogen and oxygen atoms in total. The van der Waals surface area contributed by atoms with Crippen molar-refractivity contribution in [2.75, 3.05) is 6.61 Å². The highest BCUT2D eigenvalue weighted by molar-refractivity contribution is 6.30. The smallest absolute Gasteiger partial charge is 0.129 e. The van der Waals surface area contributed by atoms with Crippen LogP contribution in [0.2, 0.25) is 5.02 Å². The first-order valence-electron chi connectivity index (χ1n) is 5.55. The van der Waals surface area contributed by atoms with E-state index in [1.807, 2.05) is 30.3 Å². The third-order valence-electron chi connectivity index (χ3n) is 2.53. The lowest BCUT2D eigenvalue weighted by Gasteiger charge is -2.14. The summed E-state index contributed by atoms with van der Waals surface area (Å²) in [5.74, 6) is 0.300. The highest BCUT2D eigenvalue weighted by atomic mass is 35.5. The zero-order valence-electron chi connectivity index (χ0n) is 10.1. The number of para-hydroxylation sites is 1. The van der Waals surface area contributed by atoms with E-state index in [4.69, 9.17) is 22.1 Å². The van der Waals surface area contributed by atoms with Gasteiger partial charge in [-0.1, -0.05) is 35.9 Å². The van der Waals surface area contributed by atoms with Gasteiger partial charge in [-0.3, -0.25) is 0 Å². The van der Waals surface area contributed by atoms with Gasteiger partial charge >= 0.3 is 0 Å². The topological polar surface area (TPSA) is 35.2 Å². The summed E-state index contributed by atoms with van der Waals surface area (Å²) in [7, 11) is 0. The maximum Gasteiger partial charge on any atom is 0.129 e. The van der Waals surface area contributed by atoms with Crippen molar-refractivity contribution in [1.29, 1.82) is 0 Å². The first-order valence-corrected chi connectivity index (χ1v) is 5.93. The molecule has 1 unspecified atom stereocenters. The Labute approximate surface area is 122 Å². The van der Waals surface area contributed by atoms with E-state index in [-0.39, 0.29) is 19.0 Å². The molecule has 0 amide bonds. The van der Waals surface area contributed by atoms with Crippen LogP contribution in [0, 0.1) is 5.82 Å². The molecule has 0 heterocycles. The Hall–Kier alpha value is -1.29. The molecule has 102 valence electrons. The first-order chi connectivity index (χ1) is 8.66. The number of ether oxygens (including phenoxy) is 1. The molecule has 2 aromatic carbocycles. The van der Waals surface area contributed by atoms with Crippen LogP contribution in [0.3, 0.4) is 0 Å². The molecule has 2 aromatic rings. The molecule has 0 aromatic heterocycles. The molecule has 5 heteroatoms. The average Bonchev–Trinajstić information content (AvgIpc) is 2.37. The van der Waals surface area contributed by atoms with Crippen molar-refractivity contribution in [3.8, 4) is 5.75 Å². The van der Waals surface area contributed by atoms with E-state index < -0.39 is 11.9 Å². The largest absolute Gasteiger partial charge is 0.492 e. The minimum atomic E-state index is -0.525. The van der Waals surface area contributed by atoms with Crippen LogP contribution in [0.4, 0.5) is 4.39 Å². The van der Waals surface area contributed by atoms with Gasteiger partial charge in [-0.25, -0.2) is 4.39 Å². The van der Waals surface area contributed by atoms with Gasteiger partial charge < -0.3 is 10.5 Å². The van der Waals surface area contributed by atoms with E-state index in [2.05, 4.69) is 0 Å². The van der Waals surface area contributed by atoms with Gasteiger partial charge in [0.05, 0.1) is 6.04 Å². The molecular weight excluding hydrogens is 288 g/mol. The van der Waals surface area contributed by atoms with Crippen molar-refractivity contribution < 1.29 is 9.13 Å². The number of halogens is 3. The zero-order valence-corrected chi connectivity index (χ0v) is 11.6. The Balaban J connectivity index is 0.00000180. The molecule has 0 aliphatic rings. The molecular formula is C14H14Cl2FNO. The summed E-state index contributed by atoms with van der Waals surface area (Å²) in [5, 5.41) is 0.354. The summed E-state index contributed by atoms with van der Waals surface area (Å²) < 4.78 is 19.1. The van der Waals surface area contributed by atoms with Gasteiger partial charge in [-0.15, -0.1) is 12.4 Å². The van der Waals surface area contributed by atoms with E-state index in [0.717, 1.165) is 0 Å². The second kappa shape index (κ2) is 7.34. The molecule has 0 saturated carbocycles. The Morgan fingerprint density at radius 2 is 1.84 bits per heavy atom. The molecule has 0 fully saturated rings. The number of nitrogens with two attached hydrogens (primary N) is 1. The Bertz CT molecular complexity index is 522. The minimum absolute atomic E-state index is 0. The van der Waals surface area contributed by atoms with E-state index in [9.17, 15) is 4.39 Å². The molecule has 2 N–H and O–H groups in total. The van der Waals surface area contributed by atoms with Crippen LogP contribution in [0.25, 0.3) is 0 Å². The van der Waals surface area contributed by atoms with Crippen molar-refractivity contribution in [1.82, 2.24) is 0 Å². The normalized spacial score (nSPS) is 11.5. The fourth-order valence-electron chi connectivity index (χ4n) is 1.59. The van der Waals surface area contributed by atoms with Crippen LogP contribution in [0.15, 0.2) is 48.5 Å². The summed E-state index contributed by atoms with van der Waals surface area (Å²) in [5.41, 5.74) is 6.28. The first kappa shape index (κ1) is 15.8. The lowest BCUT2D eigenvalue weighted by Crippen LogP contribution is -2.20. The summed E-state index contributed by atoms with van der Waals surface area (Å²) in [4.78, 5) is 0. The average molecular weight is 302 g/mol. The van der Waals surface area contributed by atoms with Crippen molar-refractivity contribution in [3.05, 3.63) is 64.9 Å². The van der Waals surface area contributed by atoms with Crippen LogP contribution in [-0.2, 0) is 0 Å². The maximum absolute atomic E-state index is 13.6. The van der Waals surface area contributed by atoms with Crippen LogP contribution in [0.5, 0.6) is 5.75 Å². The summed E-state index contributed by atoms with van der Waals surface area (Å²) in [6.07, 6.45) is 0. The van der Waals surface area contributed by atoms with Gasteiger partial charge in [0, 0.05) is 10.6 Å². The van der Waals surface area contributed by atoms with E-state index in [1.165, 1.54) is 6.07 Å². The molecule has 0 spiro atoms. The Morgan fingerprint density at radius 3 is 2.47 bits per heavy atom. The predicted molar refractivity (Wildman–Crippen MR) is 77.5 cm³/mol. The minimum Gasteiger partial charge on any atom is -0.492 e. The van der Waals surface area contributed by atoms with Gasteiger partial charge in [-0.05, 0) is 24.3 Å². The van der Waals surface area contributed by atoms with Gasteiger partial charge in [0.15, 0.2) is 0 Å². The number of benzene rings is 2. The fraction of sp³-hybridized carbons (Fsp3) is 0.143. The molecule has 0 aliphatic carbocycles. The highest BCUT2D eigenvalue weighted by Crippen LogP contribution is 2.20. The lowest BCUT2D eigenvalue weighted by atomic mass is 10.1. The summed E-state index contributed by atoms with van der Waals surface area (Å²) in [6, 6.07) is 13.2. The van der Waals surface area contributed by atoms with Crippen molar-refractivity contribution in [2.24, 2.45) is 5.73 Å². The molecule has 0 saturated heterocycles. The van der Waals surface area contributed by atoms with Crippen molar-refractivity contribution in [3.63, 3.8) is 0 Å². The monoisotopic (exact) mass is 301 g/mol. The lowest BCUT2D eigenvalue weighted by molar-refractivity contribution is 0.288. The number of hydrogen-bond donors (Lipinski definition) is 1. The third-order valence-corrected chi connectivity index (χ3v) is 2.77. The van der Waals surface area contributed by atoms with E-state index >= 15 is 0 Å². The van der Waals surface area contributed by atoms with Gasteiger partial charge in [0.25, 0.3) is 0 Å². The standard InChI is InChI=1S/C14H13ClFNO.ClH/c15-10-6-7-12(13(16)8-10)14(17)9-18-11-4-2-1-3-5-11;/h1-8,14H,9,17H2;1H. The molecule has 19 heavy (non-hydrogen) atoms. The highest BCUT2D eigenvalue weighted by Gasteiger charge is 2.12. The predicted octanol–water partition coefficient (Wildman–Crippen LogP) is 3.98. The van der Waals surface area contributed by atoms with Gasteiger partial charge in [0.2, 0.25) is 0 Å². The summed E-state index contributed by atoms with van der Waals surface area (Å²) in [6.45, 7) is 0.211. The molecule has 0 radical (unpaired) electrons. The third kappa shape index (κ3) is 4.39. The van der Waals surface area contributed by atoms with E-state index in [1.54, 1.807) is 12.1 Å². The zero-order chi connectivity index (χ0) is 13.0. The molecule has 0 aliphatic heterocycles. The van der Waals surface area contributed by atoms with Crippen molar-refractivity contribution >= 4 is 24.0 Å². The van der Waals surface area contributed by atoms with Crippen LogP contribution in [0.1, 0.15) is 11.6 Å². The molecule has 0 bridgehead atoms. The Morgan fingerprint density at radius 1 is 1.16 bits per heavy atom. The van der Waals surface area contributed by atoms with Crippen LogP contribution < -0.4 is 10.5 Å². The van der Waals surface area contributed by atoms with Crippen molar-refractivity contribution in [2.45, 2.75) is 6.04 Å². The fourth-order valence-corrected chi connectivity index (χ4v) is 1.75. The van der Waals surface area contributed by atoms with Gasteiger partial charge in [0.1, 0.15) is 18.2 Å². The molecule has 1 atom stereocenters. The second-order valence-electron chi connectivity index (χ2n) is 3.90.